The summed E-state index contributed by atoms with van der Waals surface area (Å²) in [5, 5.41) is 3.57. The van der Waals surface area contributed by atoms with Crippen molar-refractivity contribution in [2.45, 2.75) is 38.6 Å². The highest BCUT2D eigenvalue weighted by atomic mass is 16.5. The van der Waals surface area contributed by atoms with E-state index < -0.39 is 0 Å². The third-order valence-electron chi connectivity index (χ3n) is 4.55. The normalized spacial score (nSPS) is 19.9. The van der Waals surface area contributed by atoms with Crippen LogP contribution < -0.4 is 10.1 Å². The molecule has 0 amide bonds. The molecule has 0 bridgehead atoms. The van der Waals surface area contributed by atoms with Crippen LogP contribution in [0.25, 0.3) is 0 Å². The zero-order chi connectivity index (χ0) is 13.8. The maximum atomic E-state index is 5.57. The molecule has 3 nitrogen and oxygen atoms in total. The zero-order valence-corrected chi connectivity index (χ0v) is 12.5. The number of piperidine rings is 1. The number of ether oxygens (including phenoxy) is 1. The van der Waals surface area contributed by atoms with Gasteiger partial charge < -0.3 is 15.0 Å². The Morgan fingerprint density at radius 2 is 2.15 bits per heavy atom. The molecule has 20 heavy (non-hydrogen) atoms. The van der Waals surface area contributed by atoms with E-state index in [1.165, 1.54) is 50.0 Å². The van der Waals surface area contributed by atoms with Gasteiger partial charge in [-0.15, -0.1) is 0 Å². The number of benzene rings is 1. The highest BCUT2D eigenvalue weighted by Gasteiger charge is 2.18. The van der Waals surface area contributed by atoms with Gasteiger partial charge >= 0.3 is 0 Å². The minimum atomic E-state index is 0.744. The summed E-state index contributed by atoms with van der Waals surface area (Å²) in [4.78, 5) is 2.61. The van der Waals surface area contributed by atoms with Crippen molar-refractivity contribution in [3.8, 4) is 5.75 Å². The predicted octanol–water partition coefficient (Wildman–Crippen LogP) is 2.24. The van der Waals surface area contributed by atoms with Crippen LogP contribution in [0.4, 0.5) is 0 Å². The predicted molar refractivity (Wildman–Crippen MR) is 82.5 cm³/mol. The largest absolute Gasteiger partial charge is 0.493 e. The van der Waals surface area contributed by atoms with Gasteiger partial charge in [-0.05, 0) is 56.1 Å². The van der Waals surface area contributed by atoms with Crippen molar-refractivity contribution >= 4 is 0 Å². The van der Waals surface area contributed by atoms with Crippen LogP contribution in [0.3, 0.4) is 0 Å². The van der Waals surface area contributed by atoms with Crippen molar-refractivity contribution in [1.82, 2.24) is 10.2 Å². The fourth-order valence-corrected chi connectivity index (χ4v) is 3.33. The monoisotopic (exact) mass is 274 g/mol. The van der Waals surface area contributed by atoms with Gasteiger partial charge in [0.15, 0.2) is 0 Å². The van der Waals surface area contributed by atoms with E-state index in [1.807, 2.05) is 0 Å². The number of nitrogens with zero attached hydrogens (tertiary/aromatic N) is 1. The van der Waals surface area contributed by atoms with Gasteiger partial charge in [-0.25, -0.2) is 0 Å². The first-order valence-corrected chi connectivity index (χ1v) is 8.05. The summed E-state index contributed by atoms with van der Waals surface area (Å²) < 4.78 is 5.57. The summed E-state index contributed by atoms with van der Waals surface area (Å²) in [6.45, 7) is 7.83. The van der Waals surface area contributed by atoms with Gasteiger partial charge in [0.25, 0.3) is 0 Å². The molecule has 0 radical (unpaired) electrons. The van der Waals surface area contributed by atoms with E-state index in [0.717, 1.165) is 31.4 Å². The van der Waals surface area contributed by atoms with Crippen LogP contribution >= 0.6 is 0 Å². The summed E-state index contributed by atoms with van der Waals surface area (Å²) in [6.07, 6.45) is 4.84. The molecule has 0 aromatic heterocycles. The van der Waals surface area contributed by atoms with Crippen molar-refractivity contribution in [2.75, 3.05) is 32.8 Å². The SMILES string of the molecule is CCNC1CCN(CCc2ccc3c(c2)CCO3)CC1. The molecule has 1 aromatic carbocycles. The summed E-state index contributed by atoms with van der Waals surface area (Å²) in [7, 11) is 0. The van der Waals surface area contributed by atoms with E-state index in [2.05, 4.69) is 35.3 Å². The second-order valence-corrected chi connectivity index (χ2v) is 5.96. The van der Waals surface area contributed by atoms with Gasteiger partial charge in [-0.3, -0.25) is 0 Å². The highest BCUT2D eigenvalue weighted by molar-refractivity contribution is 5.39. The quantitative estimate of drug-likeness (QED) is 0.891. The van der Waals surface area contributed by atoms with Crippen molar-refractivity contribution in [1.29, 1.82) is 0 Å². The average Bonchev–Trinajstić information content (AvgIpc) is 2.94. The number of hydrogen-bond donors (Lipinski definition) is 1. The van der Waals surface area contributed by atoms with Gasteiger partial charge in [0, 0.05) is 19.0 Å². The molecule has 110 valence electrons. The Morgan fingerprint density at radius 3 is 2.95 bits per heavy atom. The molecule has 2 aliphatic heterocycles. The topological polar surface area (TPSA) is 24.5 Å². The van der Waals surface area contributed by atoms with E-state index in [-0.39, 0.29) is 0 Å². The Hall–Kier alpha value is -1.06. The second kappa shape index (κ2) is 6.59. The standard InChI is InChI=1S/C17H26N2O/c1-2-18-16-6-10-19(11-7-16)9-5-14-3-4-17-15(13-14)8-12-20-17/h3-4,13,16,18H,2,5-12H2,1H3. The van der Waals surface area contributed by atoms with Crippen LogP contribution in [0, 0.1) is 0 Å². The van der Waals surface area contributed by atoms with Crippen LogP contribution in [0.2, 0.25) is 0 Å². The zero-order valence-electron chi connectivity index (χ0n) is 12.5. The van der Waals surface area contributed by atoms with Gasteiger partial charge in [0.1, 0.15) is 5.75 Å². The van der Waals surface area contributed by atoms with Crippen molar-refractivity contribution in [3.63, 3.8) is 0 Å². The number of likely N-dealkylation sites (tertiary alicyclic amines) is 1. The number of fused-ring (bicyclic) bond motifs is 1. The average molecular weight is 274 g/mol. The van der Waals surface area contributed by atoms with Crippen molar-refractivity contribution in [2.24, 2.45) is 0 Å². The van der Waals surface area contributed by atoms with Crippen LogP contribution in [0.1, 0.15) is 30.9 Å². The molecule has 1 aromatic rings. The Bertz CT molecular complexity index is 439. The smallest absolute Gasteiger partial charge is 0.122 e. The molecule has 2 heterocycles. The maximum Gasteiger partial charge on any atom is 0.122 e. The highest BCUT2D eigenvalue weighted by Crippen LogP contribution is 2.26. The van der Waals surface area contributed by atoms with Crippen molar-refractivity contribution in [3.05, 3.63) is 29.3 Å². The second-order valence-electron chi connectivity index (χ2n) is 5.96. The number of nitrogens with one attached hydrogen (secondary N) is 1. The molecule has 0 unspecified atom stereocenters. The Morgan fingerprint density at radius 1 is 1.30 bits per heavy atom. The Labute approximate surface area is 122 Å². The van der Waals surface area contributed by atoms with Crippen LogP contribution in [0.5, 0.6) is 5.75 Å². The van der Waals surface area contributed by atoms with Gasteiger partial charge in [0.05, 0.1) is 6.61 Å². The molecule has 0 atom stereocenters. The molecule has 0 spiro atoms. The minimum absolute atomic E-state index is 0.744. The third-order valence-corrected chi connectivity index (χ3v) is 4.55. The molecular formula is C17H26N2O. The fourth-order valence-electron chi connectivity index (χ4n) is 3.33. The van der Waals surface area contributed by atoms with E-state index in [9.17, 15) is 0 Å². The summed E-state index contributed by atoms with van der Waals surface area (Å²) in [5.41, 5.74) is 2.86. The summed E-state index contributed by atoms with van der Waals surface area (Å²) in [6, 6.07) is 7.46. The van der Waals surface area contributed by atoms with Crippen molar-refractivity contribution < 1.29 is 4.74 Å². The lowest BCUT2D eigenvalue weighted by Crippen LogP contribution is -2.43. The summed E-state index contributed by atoms with van der Waals surface area (Å²) >= 11 is 0. The lowest BCUT2D eigenvalue weighted by atomic mass is 10.0. The van der Waals surface area contributed by atoms with E-state index in [1.54, 1.807) is 0 Å². The molecular weight excluding hydrogens is 248 g/mol. The Kier molecular flexibility index (Phi) is 4.58. The molecule has 0 saturated carbocycles. The van der Waals surface area contributed by atoms with Crippen LogP contribution in [-0.4, -0.2) is 43.7 Å². The summed E-state index contributed by atoms with van der Waals surface area (Å²) in [5.74, 6) is 1.10. The van der Waals surface area contributed by atoms with Crippen LogP contribution in [0.15, 0.2) is 18.2 Å². The van der Waals surface area contributed by atoms with Crippen LogP contribution in [-0.2, 0) is 12.8 Å². The van der Waals surface area contributed by atoms with Gasteiger partial charge in [-0.1, -0.05) is 19.1 Å². The number of rotatable bonds is 5. The van der Waals surface area contributed by atoms with E-state index >= 15 is 0 Å². The first-order valence-electron chi connectivity index (χ1n) is 8.05. The first kappa shape index (κ1) is 13.9. The molecule has 1 N–H and O–H groups in total. The maximum absolute atomic E-state index is 5.57. The van der Waals surface area contributed by atoms with E-state index in [4.69, 9.17) is 4.74 Å². The molecule has 3 heteroatoms. The molecule has 3 rings (SSSR count). The minimum Gasteiger partial charge on any atom is -0.493 e. The van der Waals surface area contributed by atoms with Gasteiger partial charge in [-0.2, -0.15) is 0 Å². The Balaban J connectivity index is 1.46. The molecule has 1 saturated heterocycles. The lowest BCUT2D eigenvalue weighted by Gasteiger charge is -2.32. The molecule has 1 fully saturated rings. The van der Waals surface area contributed by atoms with E-state index in [0.29, 0.717) is 0 Å². The fraction of sp³-hybridized carbons (Fsp3) is 0.647. The third kappa shape index (κ3) is 3.33. The molecule has 2 aliphatic rings. The lowest BCUT2D eigenvalue weighted by molar-refractivity contribution is 0.201. The first-order chi connectivity index (χ1) is 9.85. The molecule has 0 aliphatic carbocycles. The number of hydrogen-bond acceptors (Lipinski definition) is 3. The van der Waals surface area contributed by atoms with Gasteiger partial charge in [0.2, 0.25) is 0 Å².